The maximum Gasteiger partial charge on any atom is 0.360 e. The van der Waals surface area contributed by atoms with E-state index in [-0.39, 0.29) is 5.97 Å². The van der Waals surface area contributed by atoms with Crippen LogP contribution in [-0.2, 0) is 11.3 Å². The quantitative estimate of drug-likeness (QED) is 0.630. The molecule has 0 amide bonds. The number of carbonyl (C=O) groups excluding carboxylic acids is 1. The molecule has 1 aliphatic heterocycles. The van der Waals surface area contributed by atoms with E-state index in [1.807, 2.05) is 16.4 Å². The van der Waals surface area contributed by atoms with Gasteiger partial charge in [0.1, 0.15) is 0 Å². The van der Waals surface area contributed by atoms with Gasteiger partial charge < -0.3 is 10.1 Å². The highest BCUT2D eigenvalue weighted by molar-refractivity contribution is 7.98. The van der Waals surface area contributed by atoms with E-state index in [0.29, 0.717) is 11.6 Å². The van der Waals surface area contributed by atoms with Crippen molar-refractivity contribution in [3.63, 3.8) is 0 Å². The molecule has 1 N–H and O–H groups in total. The number of methoxy groups -OCH3 is 1. The summed E-state index contributed by atoms with van der Waals surface area (Å²) >= 11 is 1.82. The molecule has 20 heavy (non-hydrogen) atoms. The van der Waals surface area contributed by atoms with Crippen LogP contribution in [0.5, 0.6) is 0 Å². The van der Waals surface area contributed by atoms with Gasteiger partial charge >= 0.3 is 5.97 Å². The average Bonchev–Trinajstić information content (AvgIpc) is 2.91. The van der Waals surface area contributed by atoms with Crippen molar-refractivity contribution in [1.82, 2.24) is 20.3 Å². The molecule has 7 heteroatoms. The minimum Gasteiger partial charge on any atom is -0.464 e. The lowest BCUT2D eigenvalue weighted by Gasteiger charge is -2.23. The fourth-order valence-electron chi connectivity index (χ4n) is 2.59. The normalized spacial score (nSPS) is 16.3. The van der Waals surface area contributed by atoms with Crippen molar-refractivity contribution in [3.05, 3.63) is 11.4 Å². The van der Waals surface area contributed by atoms with Gasteiger partial charge in [0.2, 0.25) is 0 Å². The lowest BCUT2D eigenvalue weighted by Crippen LogP contribution is -2.29. The van der Waals surface area contributed by atoms with Crippen LogP contribution >= 0.6 is 11.8 Å². The second-order valence-electron chi connectivity index (χ2n) is 4.91. The van der Waals surface area contributed by atoms with Crippen LogP contribution in [0.25, 0.3) is 0 Å². The number of esters is 1. The Kier molecular flexibility index (Phi) is 5.85. The molecule has 2 rings (SSSR count). The van der Waals surface area contributed by atoms with E-state index in [1.165, 1.54) is 7.11 Å². The van der Waals surface area contributed by atoms with E-state index in [2.05, 4.69) is 21.9 Å². The number of rotatable bonds is 6. The van der Waals surface area contributed by atoms with Crippen LogP contribution in [0.15, 0.2) is 0 Å². The Hall–Kier alpha value is -1.08. The zero-order valence-corrected chi connectivity index (χ0v) is 12.9. The predicted molar refractivity (Wildman–Crippen MR) is 79.2 cm³/mol. The average molecular weight is 298 g/mol. The largest absolute Gasteiger partial charge is 0.464 e. The molecule has 0 atom stereocenters. The summed E-state index contributed by atoms with van der Waals surface area (Å²) in [7, 11) is 1.39. The second-order valence-corrected chi connectivity index (χ2v) is 5.89. The molecule has 112 valence electrons. The minimum absolute atomic E-state index is 0.342. The van der Waals surface area contributed by atoms with Gasteiger partial charge in [-0.05, 0) is 44.4 Å². The summed E-state index contributed by atoms with van der Waals surface area (Å²) in [5, 5.41) is 11.6. The van der Waals surface area contributed by atoms with Crippen LogP contribution in [0, 0.1) is 0 Å². The molecule has 0 spiro atoms. The first-order valence-corrected chi connectivity index (χ1v) is 8.38. The molecule has 0 aliphatic carbocycles. The summed E-state index contributed by atoms with van der Waals surface area (Å²) in [5.74, 6) is 1.04. The summed E-state index contributed by atoms with van der Waals surface area (Å²) in [6.07, 6.45) is 5.15. The number of hydrogen-bond acceptors (Lipinski definition) is 6. The molecule has 0 bridgehead atoms. The second kappa shape index (κ2) is 7.64. The first-order valence-electron chi connectivity index (χ1n) is 6.99. The molecule has 6 nitrogen and oxygen atoms in total. The predicted octanol–water partition coefficient (Wildman–Crippen LogP) is 1.28. The topological polar surface area (TPSA) is 69.0 Å². The Morgan fingerprint density at radius 2 is 2.25 bits per heavy atom. The van der Waals surface area contributed by atoms with Crippen LogP contribution < -0.4 is 5.32 Å². The van der Waals surface area contributed by atoms with E-state index in [4.69, 9.17) is 4.74 Å². The molecular weight excluding hydrogens is 276 g/mol. The number of carbonyl (C=O) groups is 1. The zero-order valence-electron chi connectivity index (χ0n) is 12.1. The Morgan fingerprint density at radius 1 is 1.50 bits per heavy atom. The Balaban J connectivity index is 2.21. The standard InChI is InChI=1S/C13H22N4O2S/c1-19-13(18)11-12(10-4-6-14-7-5-10)17(16-15-11)8-3-9-20-2/h10,14H,3-9H2,1-2H3. The van der Waals surface area contributed by atoms with Gasteiger partial charge in [-0.1, -0.05) is 5.21 Å². The van der Waals surface area contributed by atoms with Gasteiger partial charge in [0.25, 0.3) is 0 Å². The number of piperidine rings is 1. The van der Waals surface area contributed by atoms with Crippen molar-refractivity contribution in [2.75, 3.05) is 32.2 Å². The first kappa shape index (κ1) is 15.3. The third-order valence-electron chi connectivity index (χ3n) is 3.60. The molecule has 1 aromatic rings. The molecule has 0 unspecified atom stereocenters. The maximum atomic E-state index is 11.9. The summed E-state index contributed by atoms with van der Waals surface area (Å²) < 4.78 is 6.73. The van der Waals surface area contributed by atoms with Crippen molar-refractivity contribution in [2.24, 2.45) is 0 Å². The van der Waals surface area contributed by atoms with Gasteiger partial charge in [-0.15, -0.1) is 5.10 Å². The van der Waals surface area contributed by atoms with Crippen molar-refractivity contribution in [1.29, 1.82) is 0 Å². The molecule has 1 fully saturated rings. The van der Waals surface area contributed by atoms with Crippen molar-refractivity contribution >= 4 is 17.7 Å². The van der Waals surface area contributed by atoms with Gasteiger partial charge in [0, 0.05) is 12.5 Å². The molecular formula is C13H22N4O2S. The number of nitrogens with zero attached hydrogens (tertiary/aromatic N) is 3. The van der Waals surface area contributed by atoms with E-state index >= 15 is 0 Å². The number of hydrogen-bond donors (Lipinski definition) is 1. The van der Waals surface area contributed by atoms with E-state index in [9.17, 15) is 4.79 Å². The summed E-state index contributed by atoms with van der Waals surface area (Å²) in [4.78, 5) is 11.9. The fourth-order valence-corrected chi connectivity index (χ4v) is 3.00. The van der Waals surface area contributed by atoms with Crippen LogP contribution in [0.4, 0.5) is 0 Å². The summed E-state index contributed by atoms with van der Waals surface area (Å²) in [5.41, 5.74) is 1.35. The number of aromatic nitrogens is 3. The monoisotopic (exact) mass is 298 g/mol. The van der Waals surface area contributed by atoms with Crippen molar-refractivity contribution < 1.29 is 9.53 Å². The van der Waals surface area contributed by atoms with Gasteiger partial charge in [-0.3, -0.25) is 0 Å². The highest BCUT2D eigenvalue weighted by Gasteiger charge is 2.28. The van der Waals surface area contributed by atoms with Crippen LogP contribution in [0.2, 0.25) is 0 Å². The molecule has 1 saturated heterocycles. The van der Waals surface area contributed by atoms with Gasteiger partial charge in [0.05, 0.1) is 12.8 Å². The maximum absolute atomic E-state index is 11.9. The SMILES string of the molecule is COC(=O)c1nnn(CCCSC)c1C1CCNCC1. The van der Waals surface area contributed by atoms with Crippen molar-refractivity contribution in [3.8, 4) is 0 Å². The van der Waals surface area contributed by atoms with E-state index in [1.54, 1.807) is 0 Å². The molecule has 0 aromatic carbocycles. The molecule has 1 aliphatic rings. The highest BCUT2D eigenvalue weighted by Crippen LogP contribution is 2.27. The molecule has 0 radical (unpaired) electrons. The number of nitrogens with one attached hydrogen (secondary N) is 1. The first-order chi connectivity index (χ1) is 9.77. The summed E-state index contributed by atoms with van der Waals surface area (Å²) in [6.45, 7) is 2.76. The highest BCUT2D eigenvalue weighted by atomic mass is 32.2. The Labute approximate surface area is 123 Å². The van der Waals surface area contributed by atoms with Crippen molar-refractivity contribution in [2.45, 2.75) is 31.7 Å². The number of aryl methyl sites for hydroxylation is 1. The van der Waals surface area contributed by atoms with Crippen LogP contribution in [-0.4, -0.2) is 53.2 Å². The third-order valence-corrected chi connectivity index (χ3v) is 4.29. The van der Waals surface area contributed by atoms with Crippen LogP contribution in [0.3, 0.4) is 0 Å². The van der Waals surface area contributed by atoms with Gasteiger partial charge in [0.15, 0.2) is 5.69 Å². The molecule has 2 heterocycles. The van der Waals surface area contributed by atoms with Gasteiger partial charge in [-0.25, -0.2) is 9.48 Å². The Bertz CT molecular complexity index is 444. The van der Waals surface area contributed by atoms with E-state index in [0.717, 1.165) is 50.3 Å². The smallest absolute Gasteiger partial charge is 0.360 e. The number of ether oxygens (including phenoxy) is 1. The lowest BCUT2D eigenvalue weighted by molar-refractivity contribution is 0.0591. The van der Waals surface area contributed by atoms with Gasteiger partial charge in [-0.2, -0.15) is 11.8 Å². The zero-order chi connectivity index (χ0) is 14.4. The van der Waals surface area contributed by atoms with E-state index < -0.39 is 0 Å². The Morgan fingerprint density at radius 3 is 2.90 bits per heavy atom. The third kappa shape index (κ3) is 3.52. The molecule has 0 saturated carbocycles. The fraction of sp³-hybridized carbons (Fsp3) is 0.769. The lowest BCUT2D eigenvalue weighted by atomic mass is 9.93. The van der Waals surface area contributed by atoms with Crippen LogP contribution in [0.1, 0.15) is 41.4 Å². The number of thioether (sulfide) groups is 1. The minimum atomic E-state index is -0.380. The molecule has 1 aromatic heterocycles. The summed E-state index contributed by atoms with van der Waals surface area (Å²) in [6, 6.07) is 0.